The van der Waals surface area contributed by atoms with Crippen LogP contribution in [0.4, 0.5) is 13.2 Å². The van der Waals surface area contributed by atoms with Crippen LogP contribution in [0.1, 0.15) is 28.8 Å². The molecule has 0 fully saturated rings. The number of halogens is 3. The van der Waals surface area contributed by atoms with Gasteiger partial charge in [0.25, 0.3) is 0 Å². The lowest BCUT2D eigenvalue weighted by molar-refractivity contribution is -0.140. The zero-order valence-electron chi connectivity index (χ0n) is 13.4. The second-order valence-corrected chi connectivity index (χ2v) is 6.10. The van der Waals surface area contributed by atoms with Gasteiger partial charge in [0.05, 0.1) is 13.1 Å². The number of hydrogen-bond acceptors (Lipinski definition) is 3. The molecule has 0 bridgehead atoms. The molecule has 1 aromatic heterocycles. The zero-order chi connectivity index (χ0) is 17.6. The molecular formula is C16H19F3N4S. The predicted molar refractivity (Wildman–Crippen MR) is 90.0 cm³/mol. The molecule has 4 nitrogen and oxygen atoms in total. The van der Waals surface area contributed by atoms with Gasteiger partial charge in [-0.2, -0.15) is 13.2 Å². The van der Waals surface area contributed by atoms with Crippen molar-refractivity contribution in [3.63, 3.8) is 0 Å². The van der Waals surface area contributed by atoms with Crippen LogP contribution in [-0.2, 0) is 19.3 Å². The normalized spacial score (nSPS) is 12.3. The standard InChI is InChI=1S/C16H19F3N4S/c1-3-20-15(21-8-12-6-4-11(2)5-7-12)22-9-14-23-13(10-24-14)16(17,18)19/h4-7,10H,3,8-9H2,1-2H3,(H2,20,21,22). The number of aromatic nitrogens is 1. The molecule has 0 atom stereocenters. The van der Waals surface area contributed by atoms with Crippen molar-refractivity contribution in [2.24, 2.45) is 4.99 Å². The Hall–Kier alpha value is -2.09. The molecule has 1 heterocycles. The lowest BCUT2D eigenvalue weighted by atomic mass is 10.1. The van der Waals surface area contributed by atoms with Crippen molar-refractivity contribution >= 4 is 17.3 Å². The maximum Gasteiger partial charge on any atom is 0.434 e. The Balaban J connectivity index is 1.96. The Morgan fingerprint density at radius 2 is 1.92 bits per heavy atom. The molecule has 0 amide bonds. The van der Waals surface area contributed by atoms with E-state index in [0.717, 1.165) is 22.3 Å². The van der Waals surface area contributed by atoms with Gasteiger partial charge in [0.2, 0.25) is 0 Å². The summed E-state index contributed by atoms with van der Waals surface area (Å²) in [5, 5.41) is 7.45. The molecule has 0 saturated carbocycles. The highest BCUT2D eigenvalue weighted by Gasteiger charge is 2.33. The van der Waals surface area contributed by atoms with E-state index in [9.17, 15) is 13.2 Å². The summed E-state index contributed by atoms with van der Waals surface area (Å²) in [5.74, 6) is 0.543. The summed E-state index contributed by atoms with van der Waals surface area (Å²) >= 11 is 0.976. The first-order valence-corrected chi connectivity index (χ1v) is 8.35. The largest absolute Gasteiger partial charge is 0.434 e. The number of aliphatic imine (C=N–C) groups is 1. The minimum Gasteiger partial charge on any atom is -0.357 e. The van der Waals surface area contributed by atoms with Crippen molar-refractivity contribution in [1.29, 1.82) is 0 Å². The summed E-state index contributed by atoms with van der Waals surface area (Å²) in [6.45, 7) is 5.28. The topological polar surface area (TPSA) is 49.3 Å². The molecule has 130 valence electrons. The lowest BCUT2D eigenvalue weighted by Gasteiger charge is -2.10. The Labute approximate surface area is 142 Å². The second-order valence-electron chi connectivity index (χ2n) is 5.16. The van der Waals surface area contributed by atoms with Crippen molar-refractivity contribution in [3.8, 4) is 0 Å². The fourth-order valence-corrected chi connectivity index (χ4v) is 2.63. The summed E-state index contributed by atoms with van der Waals surface area (Å²) in [6.07, 6.45) is -4.40. The number of aryl methyl sites for hydroxylation is 1. The minimum absolute atomic E-state index is 0.195. The highest BCUT2D eigenvalue weighted by Crippen LogP contribution is 2.29. The Morgan fingerprint density at radius 3 is 2.50 bits per heavy atom. The van der Waals surface area contributed by atoms with Gasteiger partial charge < -0.3 is 10.6 Å². The van der Waals surface area contributed by atoms with Crippen LogP contribution < -0.4 is 10.6 Å². The van der Waals surface area contributed by atoms with Gasteiger partial charge in [-0.3, -0.25) is 0 Å². The van der Waals surface area contributed by atoms with Crippen molar-refractivity contribution in [3.05, 3.63) is 51.5 Å². The van der Waals surface area contributed by atoms with Crippen LogP contribution in [0.25, 0.3) is 0 Å². The Bertz CT molecular complexity index is 677. The lowest BCUT2D eigenvalue weighted by Crippen LogP contribution is -2.36. The molecular weight excluding hydrogens is 337 g/mol. The summed E-state index contributed by atoms with van der Waals surface area (Å²) in [6, 6.07) is 8.02. The summed E-state index contributed by atoms with van der Waals surface area (Å²) < 4.78 is 37.6. The Kier molecular flexibility index (Phi) is 6.19. The first-order valence-electron chi connectivity index (χ1n) is 7.48. The van der Waals surface area contributed by atoms with Gasteiger partial charge >= 0.3 is 6.18 Å². The average Bonchev–Trinajstić information content (AvgIpc) is 3.01. The average molecular weight is 356 g/mol. The van der Waals surface area contributed by atoms with E-state index in [1.54, 1.807) is 0 Å². The van der Waals surface area contributed by atoms with E-state index in [1.165, 1.54) is 5.56 Å². The molecule has 2 rings (SSSR count). The quantitative estimate of drug-likeness (QED) is 0.634. The smallest absolute Gasteiger partial charge is 0.357 e. The molecule has 0 aliphatic carbocycles. The highest BCUT2D eigenvalue weighted by molar-refractivity contribution is 7.09. The molecule has 0 aliphatic heterocycles. The second kappa shape index (κ2) is 8.14. The van der Waals surface area contributed by atoms with Crippen LogP contribution in [0.3, 0.4) is 0 Å². The van der Waals surface area contributed by atoms with Crippen LogP contribution in [0, 0.1) is 6.92 Å². The van der Waals surface area contributed by atoms with E-state index in [4.69, 9.17) is 0 Å². The first-order chi connectivity index (χ1) is 11.4. The van der Waals surface area contributed by atoms with Crippen LogP contribution in [0.15, 0.2) is 34.6 Å². The third-order valence-electron chi connectivity index (χ3n) is 3.13. The van der Waals surface area contributed by atoms with E-state index in [1.807, 2.05) is 38.1 Å². The predicted octanol–water partition coefficient (Wildman–Crippen LogP) is 3.73. The van der Waals surface area contributed by atoms with E-state index in [0.29, 0.717) is 24.1 Å². The summed E-state index contributed by atoms with van der Waals surface area (Å²) in [5.41, 5.74) is 1.38. The number of benzene rings is 1. The van der Waals surface area contributed by atoms with Gasteiger partial charge in [0.15, 0.2) is 11.7 Å². The van der Waals surface area contributed by atoms with E-state index in [2.05, 4.69) is 20.6 Å². The van der Waals surface area contributed by atoms with Gasteiger partial charge in [0, 0.05) is 11.9 Å². The van der Waals surface area contributed by atoms with Crippen LogP contribution >= 0.6 is 11.3 Å². The molecule has 24 heavy (non-hydrogen) atoms. The first kappa shape index (κ1) is 18.3. The van der Waals surface area contributed by atoms with Crippen molar-refractivity contribution < 1.29 is 13.2 Å². The fraction of sp³-hybridized carbons (Fsp3) is 0.375. The fourth-order valence-electron chi connectivity index (χ4n) is 1.89. The van der Waals surface area contributed by atoms with E-state index in [-0.39, 0.29) is 6.54 Å². The molecule has 1 aromatic carbocycles. The third kappa shape index (κ3) is 5.52. The van der Waals surface area contributed by atoms with Gasteiger partial charge in [-0.05, 0) is 19.4 Å². The number of rotatable bonds is 5. The van der Waals surface area contributed by atoms with Crippen molar-refractivity contribution in [2.75, 3.05) is 6.54 Å². The number of hydrogen-bond donors (Lipinski definition) is 2. The molecule has 0 unspecified atom stereocenters. The summed E-state index contributed by atoms with van der Waals surface area (Å²) in [4.78, 5) is 8.02. The zero-order valence-corrected chi connectivity index (χ0v) is 14.3. The van der Waals surface area contributed by atoms with Crippen molar-refractivity contribution in [1.82, 2.24) is 15.6 Å². The monoisotopic (exact) mass is 356 g/mol. The molecule has 8 heteroatoms. The molecule has 2 aromatic rings. The van der Waals surface area contributed by atoms with Gasteiger partial charge in [-0.15, -0.1) is 11.3 Å². The molecule has 0 radical (unpaired) electrons. The van der Waals surface area contributed by atoms with Crippen LogP contribution in [0.2, 0.25) is 0 Å². The van der Waals surface area contributed by atoms with Crippen LogP contribution in [-0.4, -0.2) is 17.5 Å². The molecule has 0 aliphatic rings. The number of guanidine groups is 1. The third-order valence-corrected chi connectivity index (χ3v) is 3.98. The van der Waals surface area contributed by atoms with E-state index >= 15 is 0 Å². The highest BCUT2D eigenvalue weighted by atomic mass is 32.1. The maximum absolute atomic E-state index is 12.5. The number of nitrogens with zero attached hydrogens (tertiary/aromatic N) is 2. The molecule has 0 spiro atoms. The van der Waals surface area contributed by atoms with Crippen molar-refractivity contribution in [2.45, 2.75) is 33.1 Å². The SMILES string of the molecule is CCNC(=NCc1ccc(C)cc1)NCc1nc(C(F)(F)F)cs1. The van der Waals surface area contributed by atoms with E-state index < -0.39 is 11.9 Å². The number of alkyl halides is 3. The van der Waals surface area contributed by atoms with Gasteiger partial charge in [0.1, 0.15) is 5.01 Å². The molecule has 2 N–H and O–H groups in total. The maximum atomic E-state index is 12.5. The molecule has 0 saturated heterocycles. The minimum atomic E-state index is -4.40. The van der Waals surface area contributed by atoms with Gasteiger partial charge in [-0.25, -0.2) is 9.98 Å². The van der Waals surface area contributed by atoms with Crippen LogP contribution in [0.5, 0.6) is 0 Å². The summed E-state index contributed by atoms with van der Waals surface area (Å²) in [7, 11) is 0. The number of thiazole rings is 1. The van der Waals surface area contributed by atoms with Gasteiger partial charge in [-0.1, -0.05) is 29.8 Å². The number of nitrogens with one attached hydrogen (secondary N) is 2. The Morgan fingerprint density at radius 1 is 1.21 bits per heavy atom.